The number of rotatable bonds is 5. The summed E-state index contributed by atoms with van der Waals surface area (Å²) in [4.78, 5) is 31.7. The monoisotopic (exact) mass is 420 g/mol. The first kappa shape index (κ1) is 20.6. The first-order valence-corrected chi connectivity index (χ1v) is 10.7. The fourth-order valence-corrected chi connectivity index (χ4v) is 4.12. The van der Waals surface area contributed by atoms with Crippen molar-refractivity contribution < 1.29 is 9.59 Å². The number of carbonyl (C=O) groups is 2. The third kappa shape index (κ3) is 4.83. The molecule has 150 valence electrons. The number of piperidine rings is 1. The van der Waals surface area contributed by atoms with Crippen LogP contribution in [0, 0.1) is 6.92 Å². The van der Waals surface area contributed by atoms with Crippen molar-refractivity contribution in [2.24, 2.45) is 0 Å². The zero-order valence-corrected chi connectivity index (χ0v) is 17.9. The minimum atomic E-state index is -0.433. The van der Waals surface area contributed by atoms with Gasteiger partial charge < -0.3 is 15.5 Å². The number of thiazole rings is 1. The van der Waals surface area contributed by atoms with Crippen LogP contribution in [0.15, 0.2) is 23.6 Å². The Labute approximate surface area is 174 Å². The van der Waals surface area contributed by atoms with Crippen molar-refractivity contribution in [1.82, 2.24) is 15.2 Å². The van der Waals surface area contributed by atoms with E-state index in [4.69, 9.17) is 11.6 Å². The van der Waals surface area contributed by atoms with Gasteiger partial charge in [-0.3, -0.25) is 9.59 Å². The van der Waals surface area contributed by atoms with E-state index in [0.717, 1.165) is 24.1 Å². The molecule has 0 bridgehead atoms. The number of likely N-dealkylation sites (tertiary alicyclic amines) is 1. The number of benzene rings is 1. The minimum Gasteiger partial charge on any atom is -0.352 e. The largest absolute Gasteiger partial charge is 0.352 e. The molecule has 2 aromatic rings. The Morgan fingerprint density at radius 2 is 2.11 bits per heavy atom. The van der Waals surface area contributed by atoms with Crippen LogP contribution in [0.1, 0.15) is 49.2 Å². The second-order valence-electron chi connectivity index (χ2n) is 7.30. The van der Waals surface area contributed by atoms with E-state index in [1.807, 2.05) is 39.0 Å². The van der Waals surface area contributed by atoms with E-state index in [9.17, 15) is 9.59 Å². The Kier molecular flexibility index (Phi) is 6.57. The van der Waals surface area contributed by atoms with Crippen molar-refractivity contribution in [3.05, 3.63) is 39.9 Å². The number of amides is 2. The number of hydrogen-bond acceptors (Lipinski definition) is 5. The van der Waals surface area contributed by atoms with Crippen LogP contribution in [0.5, 0.6) is 0 Å². The highest BCUT2D eigenvalue weighted by atomic mass is 35.5. The summed E-state index contributed by atoms with van der Waals surface area (Å²) in [6, 6.07) is 5.20. The molecule has 0 aliphatic carbocycles. The highest BCUT2D eigenvalue weighted by molar-refractivity contribution is 7.14. The second kappa shape index (κ2) is 8.92. The van der Waals surface area contributed by atoms with Gasteiger partial charge in [0.05, 0.1) is 0 Å². The smallest absolute Gasteiger partial charge is 0.274 e. The maximum absolute atomic E-state index is 13.0. The first-order valence-electron chi connectivity index (χ1n) is 9.45. The molecule has 1 unspecified atom stereocenters. The summed E-state index contributed by atoms with van der Waals surface area (Å²) < 4.78 is 0. The maximum atomic E-state index is 13.0. The molecule has 6 nitrogen and oxygen atoms in total. The van der Waals surface area contributed by atoms with E-state index >= 15 is 0 Å². The summed E-state index contributed by atoms with van der Waals surface area (Å²) in [6.45, 7) is 6.39. The van der Waals surface area contributed by atoms with Crippen LogP contribution in [-0.4, -0.2) is 40.3 Å². The molecule has 0 radical (unpaired) electrons. The fourth-order valence-electron chi connectivity index (χ4n) is 3.25. The number of aromatic nitrogens is 1. The summed E-state index contributed by atoms with van der Waals surface area (Å²) in [5.74, 6) is -0.290. The SMILES string of the molecule is Cc1ccc(Cl)cc1Nc1nc(C(=O)N2CCCCC2C(=O)NC(C)C)cs1. The second-order valence-corrected chi connectivity index (χ2v) is 8.59. The molecule has 8 heteroatoms. The van der Waals surface area contributed by atoms with Gasteiger partial charge in [-0.25, -0.2) is 4.98 Å². The average Bonchev–Trinajstić information content (AvgIpc) is 3.12. The Morgan fingerprint density at radius 1 is 1.32 bits per heavy atom. The minimum absolute atomic E-state index is 0.0439. The van der Waals surface area contributed by atoms with E-state index in [2.05, 4.69) is 15.6 Å². The van der Waals surface area contributed by atoms with Crippen molar-refractivity contribution in [2.45, 2.75) is 52.1 Å². The van der Waals surface area contributed by atoms with Gasteiger partial charge in [0, 0.05) is 28.7 Å². The van der Waals surface area contributed by atoms with Crippen molar-refractivity contribution in [3.63, 3.8) is 0 Å². The highest BCUT2D eigenvalue weighted by Gasteiger charge is 2.33. The Hall–Kier alpha value is -2.12. The standard InChI is InChI=1S/C20H25ClN4O2S/c1-12(2)22-18(26)17-6-4-5-9-25(17)19(27)16-11-28-20(24-16)23-15-10-14(21)8-7-13(15)3/h7-8,10-12,17H,4-6,9H2,1-3H3,(H,22,26)(H,23,24). The van der Waals surface area contributed by atoms with Gasteiger partial charge in [0.2, 0.25) is 5.91 Å². The Morgan fingerprint density at radius 3 is 2.86 bits per heavy atom. The van der Waals surface area contributed by atoms with Crippen LogP contribution in [-0.2, 0) is 4.79 Å². The van der Waals surface area contributed by atoms with E-state index in [-0.39, 0.29) is 17.9 Å². The number of hydrogen-bond donors (Lipinski definition) is 2. The third-order valence-electron chi connectivity index (χ3n) is 4.66. The lowest BCUT2D eigenvalue weighted by atomic mass is 10.0. The predicted octanol–water partition coefficient (Wildman–Crippen LogP) is 4.37. The van der Waals surface area contributed by atoms with Crippen molar-refractivity contribution in [3.8, 4) is 0 Å². The summed E-state index contributed by atoms with van der Waals surface area (Å²) in [5, 5.41) is 9.13. The first-order chi connectivity index (χ1) is 13.3. The third-order valence-corrected chi connectivity index (χ3v) is 5.65. The van der Waals surface area contributed by atoms with Crippen LogP contribution < -0.4 is 10.6 Å². The lowest BCUT2D eigenvalue weighted by Crippen LogP contribution is -2.53. The van der Waals surface area contributed by atoms with E-state index < -0.39 is 6.04 Å². The molecule has 2 N–H and O–H groups in total. The van der Waals surface area contributed by atoms with Gasteiger partial charge in [-0.1, -0.05) is 17.7 Å². The molecule has 2 heterocycles. The molecule has 0 saturated carbocycles. The molecule has 1 aliphatic heterocycles. The molecule has 1 aromatic carbocycles. The lowest BCUT2D eigenvalue weighted by molar-refractivity contribution is -0.127. The number of aryl methyl sites for hydroxylation is 1. The fraction of sp³-hybridized carbons (Fsp3) is 0.450. The van der Waals surface area contributed by atoms with Gasteiger partial charge in [-0.15, -0.1) is 11.3 Å². The Bertz CT molecular complexity index is 868. The number of anilines is 2. The van der Waals surface area contributed by atoms with Crippen LogP contribution in [0.25, 0.3) is 0 Å². The quantitative estimate of drug-likeness (QED) is 0.753. The van der Waals surface area contributed by atoms with E-state index in [1.165, 1.54) is 11.3 Å². The topological polar surface area (TPSA) is 74.3 Å². The summed E-state index contributed by atoms with van der Waals surface area (Å²) in [7, 11) is 0. The lowest BCUT2D eigenvalue weighted by Gasteiger charge is -2.34. The molecule has 3 rings (SSSR count). The molecule has 1 atom stereocenters. The summed E-state index contributed by atoms with van der Waals surface area (Å²) in [6.07, 6.45) is 2.52. The highest BCUT2D eigenvalue weighted by Crippen LogP contribution is 2.27. The molecular weight excluding hydrogens is 396 g/mol. The van der Waals surface area contributed by atoms with Gasteiger partial charge in [0.15, 0.2) is 5.13 Å². The predicted molar refractivity (Wildman–Crippen MR) is 114 cm³/mol. The molecule has 0 spiro atoms. The summed E-state index contributed by atoms with van der Waals surface area (Å²) in [5.41, 5.74) is 2.25. The molecule has 1 fully saturated rings. The van der Waals surface area contributed by atoms with Crippen LogP contribution >= 0.6 is 22.9 Å². The molecular formula is C20H25ClN4O2S. The number of halogens is 1. The van der Waals surface area contributed by atoms with Gasteiger partial charge in [0.25, 0.3) is 5.91 Å². The van der Waals surface area contributed by atoms with Gasteiger partial charge in [0.1, 0.15) is 11.7 Å². The van der Waals surface area contributed by atoms with Crippen molar-refractivity contribution >= 4 is 45.6 Å². The molecule has 1 aromatic heterocycles. The Balaban J connectivity index is 1.75. The van der Waals surface area contributed by atoms with E-state index in [1.54, 1.807) is 10.3 Å². The molecule has 28 heavy (non-hydrogen) atoms. The van der Waals surface area contributed by atoms with Crippen LogP contribution in [0.2, 0.25) is 5.02 Å². The van der Waals surface area contributed by atoms with Crippen molar-refractivity contribution in [1.29, 1.82) is 0 Å². The van der Waals surface area contributed by atoms with Crippen molar-refractivity contribution in [2.75, 3.05) is 11.9 Å². The zero-order valence-electron chi connectivity index (χ0n) is 16.3. The number of nitrogens with one attached hydrogen (secondary N) is 2. The average molecular weight is 421 g/mol. The van der Waals surface area contributed by atoms with Gasteiger partial charge in [-0.2, -0.15) is 0 Å². The molecule has 1 aliphatic rings. The molecule has 2 amide bonds. The summed E-state index contributed by atoms with van der Waals surface area (Å²) >= 11 is 7.42. The van der Waals surface area contributed by atoms with E-state index in [0.29, 0.717) is 28.8 Å². The maximum Gasteiger partial charge on any atom is 0.274 e. The van der Waals surface area contributed by atoms with Crippen LogP contribution in [0.4, 0.5) is 10.8 Å². The van der Waals surface area contributed by atoms with Gasteiger partial charge in [-0.05, 0) is 57.7 Å². The normalized spacial score (nSPS) is 16.9. The van der Waals surface area contributed by atoms with Crippen LogP contribution in [0.3, 0.4) is 0 Å². The molecule has 1 saturated heterocycles. The number of nitrogens with zero attached hydrogens (tertiary/aromatic N) is 2. The number of carbonyl (C=O) groups excluding carboxylic acids is 2. The van der Waals surface area contributed by atoms with Gasteiger partial charge >= 0.3 is 0 Å². The zero-order chi connectivity index (χ0) is 20.3.